The van der Waals surface area contributed by atoms with Gasteiger partial charge in [-0.2, -0.15) is 4.31 Å². The number of hydrogen-bond acceptors (Lipinski definition) is 4. The maximum absolute atomic E-state index is 13.0. The van der Waals surface area contributed by atoms with Gasteiger partial charge in [-0.1, -0.05) is 35.9 Å². The fourth-order valence-corrected chi connectivity index (χ4v) is 5.68. The molecule has 1 aliphatic heterocycles. The molecule has 1 saturated heterocycles. The average molecular weight is 445 g/mol. The average Bonchev–Trinajstić information content (AvgIpc) is 2.74. The molecule has 1 aliphatic rings. The summed E-state index contributed by atoms with van der Waals surface area (Å²) in [5.41, 5.74) is 2.86. The van der Waals surface area contributed by atoms with Crippen LogP contribution in [-0.2, 0) is 14.8 Å². The molecular formula is C24H32N2O4S. The van der Waals surface area contributed by atoms with E-state index >= 15 is 0 Å². The van der Waals surface area contributed by atoms with Gasteiger partial charge in [0.1, 0.15) is 12.4 Å². The highest BCUT2D eigenvalue weighted by atomic mass is 32.2. The van der Waals surface area contributed by atoms with Gasteiger partial charge in [0.25, 0.3) is 0 Å². The SMILES string of the molecule is Cc1ccc(S(=O)(=O)N2CCC(C(=O)N(C)CCOc3ccccc3C)CC2)c(C)c1. The largest absolute Gasteiger partial charge is 0.491 e. The highest BCUT2D eigenvalue weighted by molar-refractivity contribution is 7.89. The Hall–Kier alpha value is -2.38. The van der Waals surface area contributed by atoms with Crippen molar-refractivity contribution in [2.45, 2.75) is 38.5 Å². The lowest BCUT2D eigenvalue weighted by Gasteiger charge is -2.32. The lowest BCUT2D eigenvalue weighted by Crippen LogP contribution is -2.44. The van der Waals surface area contributed by atoms with Crippen molar-refractivity contribution in [1.29, 1.82) is 0 Å². The summed E-state index contributed by atoms with van der Waals surface area (Å²) in [5.74, 6) is 0.722. The standard InChI is InChI=1S/C24H32N2O4S/c1-18-9-10-23(20(3)17-18)31(28,29)26-13-11-21(12-14-26)24(27)25(4)15-16-30-22-8-6-5-7-19(22)2/h5-10,17,21H,11-16H2,1-4H3. The molecule has 0 unspecified atom stereocenters. The van der Waals surface area contributed by atoms with Gasteiger partial charge < -0.3 is 9.64 Å². The molecule has 7 heteroatoms. The molecule has 0 aromatic heterocycles. The van der Waals surface area contributed by atoms with Gasteiger partial charge in [0.2, 0.25) is 15.9 Å². The monoisotopic (exact) mass is 444 g/mol. The first-order chi connectivity index (χ1) is 14.7. The topological polar surface area (TPSA) is 66.9 Å². The van der Waals surface area contributed by atoms with Gasteiger partial charge in [-0.15, -0.1) is 0 Å². The number of carbonyl (C=O) groups excluding carboxylic acids is 1. The van der Waals surface area contributed by atoms with Gasteiger partial charge in [-0.05, 0) is 56.9 Å². The number of para-hydroxylation sites is 1. The predicted molar refractivity (Wildman–Crippen MR) is 122 cm³/mol. The van der Waals surface area contributed by atoms with Crippen molar-refractivity contribution in [3.63, 3.8) is 0 Å². The van der Waals surface area contributed by atoms with Crippen LogP contribution in [0, 0.1) is 26.7 Å². The Kier molecular flexibility index (Phi) is 7.38. The van der Waals surface area contributed by atoms with Crippen molar-refractivity contribution < 1.29 is 17.9 Å². The molecule has 2 aromatic carbocycles. The Morgan fingerprint density at radius 3 is 2.39 bits per heavy atom. The van der Waals surface area contributed by atoms with Crippen LogP contribution < -0.4 is 4.74 Å². The van der Waals surface area contributed by atoms with Crippen LogP contribution in [0.25, 0.3) is 0 Å². The molecule has 1 heterocycles. The number of rotatable bonds is 7. The first kappa shape index (κ1) is 23.3. The summed E-state index contributed by atoms with van der Waals surface area (Å²) < 4.78 is 33.4. The lowest BCUT2D eigenvalue weighted by molar-refractivity contribution is -0.135. The van der Waals surface area contributed by atoms with E-state index in [-0.39, 0.29) is 11.8 Å². The predicted octanol–water partition coefficient (Wildman–Crippen LogP) is 3.55. The first-order valence-corrected chi connectivity index (χ1v) is 12.1. The lowest BCUT2D eigenvalue weighted by atomic mass is 9.97. The van der Waals surface area contributed by atoms with E-state index in [0.717, 1.165) is 22.4 Å². The van der Waals surface area contributed by atoms with Crippen molar-refractivity contribution >= 4 is 15.9 Å². The quantitative estimate of drug-likeness (QED) is 0.655. The molecule has 6 nitrogen and oxygen atoms in total. The third kappa shape index (κ3) is 5.46. The zero-order chi connectivity index (χ0) is 22.6. The second kappa shape index (κ2) is 9.83. The van der Waals surface area contributed by atoms with Crippen molar-refractivity contribution in [3.05, 3.63) is 59.2 Å². The fraction of sp³-hybridized carbons (Fsp3) is 0.458. The summed E-state index contributed by atoms with van der Waals surface area (Å²) in [6.07, 6.45) is 1.07. The molecule has 0 bridgehead atoms. The molecule has 2 aromatic rings. The Labute approximate surface area is 185 Å². The molecule has 1 fully saturated rings. The molecule has 1 amide bonds. The number of nitrogens with zero attached hydrogens (tertiary/aromatic N) is 2. The van der Waals surface area contributed by atoms with Crippen molar-refractivity contribution in [3.8, 4) is 5.75 Å². The number of hydrogen-bond donors (Lipinski definition) is 0. The van der Waals surface area contributed by atoms with E-state index in [9.17, 15) is 13.2 Å². The van der Waals surface area contributed by atoms with E-state index in [1.54, 1.807) is 18.0 Å². The number of amides is 1. The highest BCUT2D eigenvalue weighted by Crippen LogP contribution is 2.27. The molecule has 168 valence electrons. The van der Waals surface area contributed by atoms with Gasteiger partial charge in [0, 0.05) is 26.1 Å². The minimum absolute atomic E-state index is 0.0527. The van der Waals surface area contributed by atoms with Crippen LogP contribution in [0.5, 0.6) is 5.75 Å². The van der Waals surface area contributed by atoms with E-state index in [0.29, 0.717) is 44.0 Å². The maximum atomic E-state index is 13.0. The Balaban J connectivity index is 1.52. The van der Waals surface area contributed by atoms with Gasteiger partial charge in [0.05, 0.1) is 11.4 Å². The summed E-state index contributed by atoms with van der Waals surface area (Å²) in [5, 5.41) is 0. The number of ether oxygens (including phenoxy) is 1. The van der Waals surface area contributed by atoms with Crippen LogP contribution in [-0.4, -0.2) is 56.8 Å². The van der Waals surface area contributed by atoms with Crippen LogP contribution in [0.1, 0.15) is 29.5 Å². The summed E-state index contributed by atoms with van der Waals surface area (Å²) in [6, 6.07) is 13.2. The zero-order valence-corrected chi connectivity index (χ0v) is 19.6. The van der Waals surface area contributed by atoms with Crippen LogP contribution in [0.4, 0.5) is 0 Å². The van der Waals surface area contributed by atoms with Crippen LogP contribution >= 0.6 is 0 Å². The van der Waals surface area contributed by atoms with Gasteiger partial charge in [0.15, 0.2) is 0 Å². The molecule has 0 spiro atoms. The number of piperidine rings is 1. The van der Waals surface area contributed by atoms with Gasteiger partial charge in [-0.25, -0.2) is 8.42 Å². The molecular weight excluding hydrogens is 412 g/mol. The number of benzene rings is 2. The molecule has 3 rings (SSSR count). The van der Waals surface area contributed by atoms with Crippen LogP contribution in [0.15, 0.2) is 47.4 Å². The van der Waals surface area contributed by atoms with Gasteiger partial charge >= 0.3 is 0 Å². The summed E-state index contributed by atoms with van der Waals surface area (Å²) >= 11 is 0. The normalized spacial score (nSPS) is 15.6. The molecule has 0 aliphatic carbocycles. The Bertz CT molecular complexity index is 1030. The second-order valence-electron chi connectivity index (χ2n) is 8.32. The molecule has 0 atom stereocenters. The van der Waals surface area contributed by atoms with E-state index in [1.807, 2.05) is 57.2 Å². The van der Waals surface area contributed by atoms with Gasteiger partial charge in [-0.3, -0.25) is 4.79 Å². The second-order valence-corrected chi connectivity index (χ2v) is 10.2. The third-order valence-corrected chi connectivity index (χ3v) is 7.96. The van der Waals surface area contributed by atoms with E-state index in [4.69, 9.17) is 4.74 Å². The van der Waals surface area contributed by atoms with Crippen molar-refractivity contribution in [2.75, 3.05) is 33.3 Å². The van der Waals surface area contributed by atoms with E-state index in [1.165, 1.54) is 4.31 Å². The highest BCUT2D eigenvalue weighted by Gasteiger charge is 2.33. The van der Waals surface area contributed by atoms with Crippen molar-refractivity contribution in [2.24, 2.45) is 5.92 Å². The zero-order valence-electron chi connectivity index (χ0n) is 18.8. The minimum atomic E-state index is -3.54. The molecule has 0 N–H and O–H groups in total. The molecule has 0 saturated carbocycles. The fourth-order valence-electron chi connectivity index (χ4n) is 4.00. The van der Waals surface area contributed by atoms with Crippen LogP contribution in [0.3, 0.4) is 0 Å². The number of sulfonamides is 1. The smallest absolute Gasteiger partial charge is 0.243 e. The maximum Gasteiger partial charge on any atom is 0.243 e. The first-order valence-electron chi connectivity index (χ1n) is 10.7. The van der Waals surface area contributed by atoms with E-state index in [2.05, 4.69) is 0 Å². The molecule has 0 radical (unpaired) electrons. The van der Waals surface area contributed by atoms with Crippen molar-refractivity contribution in [1.82, 2.24) is 9.21 Å². The summed E-state index contributed by atoms with van der Waals surface area (Å²) in [7, 11) is -1.76. The minimum Gasteiger partial charge on any atom is -0.491 e. The molecule has 31 heavy (non-hydrogen) atoms. The number of carbonyl (C=O) groups is 1. The number of likely N-dealkylation sites (N-methyl/N-ethyl adjacent to an activating group) is 1. The Morgan fingerprint density at radius 1 is 1.06 bits per heavy atom. The Morgan fingerprint density at radius 2 is 1.74 bits per heavy atom. The third-order valence-electron chi connectivity index (χ3n) is 5.91. The summed E-state index contributed by atoms with van der Waals surface area (Å²) in [4.78, 5) is 14.9. The van der Waals surface area contributed by atoms with Crippen LogP contribution in [0.2, 0.25) is 0 Å². The van der Waals surface area contributed by atoms with E-state index < -0.39 is 10.0 Å². The number of aryl methyl sites for hydroxylation is 3. The summed E-state index contributed by atoms with van der Waals surface area (Å²) in [6.45, 7) is 7.40.